The molecule has 4 rings (SSSR count). The molecule has 0 fully saturated rings. The number of esters is 1. The van der Waals surface area contributed by atoms with Crippen LogP contribution >= 0.6 is 0 Å². The highest BCUT2D eigenvalue weighted by molar-refractivity contribution is 6.05. The Labute approximate surface area is 168 Å². The van der Waals surface area contributed by atoms with Crippen molar-refractivity contribution in [1.82, 2.24) is 19.7 Å². The van der Waals surface area contributed by atoms with E-state index in [2.05, 4.69) is 25.1 Å². The van der Waals surface area contributed by atoms with Gasteiger partial charge in [-0.3, -0.25) is 4.98 Å². The number of halogens is 1. The Morgan fingerprint density at radius 3 is 2.97 bits per heavy atom. The predicted octanol–water partition coefficient (Wildman–Crippen LogP) is 3.79. The zero-order valence-corrected chi connectivity index (χ0v) is 16.7. The first-order valence-corrected chi connectivity index (χ1v) is 9.99. The number of benzene rings is 1. The number of nitrogens with zero attached hydrogens (tertiary/aromatic N) is 4. The van der Waals surface area contributed by atoms with E-state index in [0.717, 1.165) is 37.5 Å². The molecule has 0 spiro atoms. The molecule has 7 nitrogen and oxygen atoms in total. The van der Waals surface area contributed by atoms with Crippen LogP contribution in [0.2, 0.25) is 0 Å². The molecule has 152 valence electrons. The maximum atomic E-state index is 14.1. The second-order valence-corrected chi connectivity index (χ2v) is 7.23. The van der Waals surface area contributed by atoms with Gasteiger partial charge in [-0.05, 0) is 44.4 Å². The highest BCUT2D eigenvalue weighted by Gasteiger charge is 2.20. The Bertz CT molecular complexity index is 1060. The van der Waals surface area contributed by atoms with E-state index in [0.29, 0.717) is 28.7 Å². The van der Waals surface area contributed by atoms with Crippen molar-refractivity contribution in [2.24, 2.45) is 0 Å². The van der Waals surface area contributed by atoms with Crippen molar-refractivity contribution >= 4 is 22.6 Å². The van der Waals surface area contributed by atoms with Crippen LogP contribution in [0.25, 0.3) is 10.9 Å². The van der Waals surface area contributed by atoms with Gasteiger partial charge in [-0.15, -0.1) is 10.2 Å². The van der Waals surface area contributed by atoms with Crippen molar-refractivity contribution in [3.63, 3.8) is 0 Å². The number of hydrogen-bond donors (Lipinski definition) is 1. The van der Waals surface area contributed by atoms with Crippen LogP contribution in [0.3, 0.4) is 0 Å². The van der Waals surface area contributed by atoms with Gasteiger partial charge in [0.1, 0.15) is 17.2 Å². The molecule has 0 saturated heterocycles. The van der Waals surface area contributed by atoms with Crippen LogP contribution in [0.5, 0.6) is 0 Å². The summed E-state index contributed by atoms with van der Waals surface area (Å²) in [5, 5.41) is 12.5. The highest BCUT2D eigenvalue weighted by atomic mass is 19.1. The lowest BCUT2D eigenvalue weighted by Gasteiger charge is -2.15. The standard InChI is InChI=1S/C21H24FN5O2/c1-3-29-21(28)16-11-23-19-13(2)9-14(22)10-15(19)20(16)24-12-18-26-25-17-7-5-4-6-8-27(17)18/h9-11H,3-8,12H2,1-2H3,(H,23,24). The number of aryl methyl sites for hydroxylation is 2. The third kappa shape index (κ3) is 3.79. The second-order valence-electron chi connectivity index (χ2n) is 7.23. The Kier molecular flexibility index (Phi) is 5.42. The van der Waals surface area contributed by atoms with Gasteiger partial charge in [-0.1, -0.05) is 6.42 Å². The van der Waals surface area contributed by atoms with Crippen LogP contribution in [0.15, 0.2) is 18.3 Å². The van der Waals surface area contributed by atoms with Gasteiger partial charge in [0.15, 0.2) is 5.82 Å². The molecule has 0 aliphatic carbocycles. The zero-order chi connectivity index (χ0) is 20.4. The second kappa shape index (κ2) is 8.14. The van der Waals surface area contributed by atoms with Gasteiger partial charge in [0, 0.05) is 24.5 Å². The number of nitrogens with one attached hydrogen (secondary N) is 1. The minimum Gasteiger partial charge on any atom is -0.462 e. The molecule has 29 heavy (non-hydrogen) atoms. The van der Waals surface area contributed by atoms with Gasteiger partial charge in [-0.25, -0.2) is 9.18 Å². The number of anilines is 1. The fraction of sp³-hybridized carbons (Fsp3) is 0.429. The average molecular weight is 397 g/mol. The molecule has 0 saturated carbocycles. The Hall–Kier alpha value is -3.03. The lowest BCUT2D eigenvalue weighted by Crippen LogP contribution is -2.14. The summed E-state index contributed by atoms with van der Waals surface area (Å²) >= 11 is 0. The van der Waals surface area contributed by atoms with Crippen LogP contribution < -0.4 is 5.32 Å². The van der Waals surface area contributed by atoms with Crippen molar-refractivity contribution in [2.75, 3.05) is 11.9 Å². The summed E-state index contributed by atoms with van der Waals surface area (Å²) in [6, 6.07) is 2.83. The summed E-state index contributed by atoms with van der Waals surface area (Å²) in [7, 11) is 0. The Balaban J connectivity index is 1.74. The minimum absolute atomic E-state index is 0.246. The third-order valence-electron chi connectivity index (χ3n) is 5.23. The van der Waals surface area contributed by atoms with Crippen LogP contribution in [-0.4, -0.2) is 32.3 Å². The summed E-state index contributed by atoms with van der Waals surface area (Å²) in [6.07, 6.45) is 5.79. The highest BCUT2D eigenvalue weighted by Crippen LogP contribution is 2.30. The molecule has 0 bridgehead atoms. The number of rotatable bonds is 5. The van der Waals surface area contributed by atoms with E-state index in [-0.39, 0.29) is 18.0 Å². The zero-order valence-electron chi connectivity index (χ0n) is 16.7. The van der Waals surface area contributed by atoms with Crippen molar-refractivity contribution in [3.8, 4) is 0 Å². The third-order valence-corrected chi connectivity index (χ3v) is 5.23. The number of pyridine rings is 1. The number of fused-ring (bicyclic) bond motifs is 2. The van der Waals surface area contributed by atoms with Crippen molar-refractivity contribution in [2.45, 2.75) is 52.6 Å². The fourth-order valence-corrected chi connectivity index (χ4v) is 3.83. The van der Waals surface area contributed by atoms with Crippen molar-refractivity contribution in [3.05, 3.63) is 46.9 Å². The van der Waals surface area contributed by atoms with E-state index in [1.807, 2.05) is 0 Å². The molecule has 3 heterocycles. The maximum absolute atomic E-state index is 14.1. The lowest BCUT2D eigenvalue weighted by atomic mass is 10.1. The van der Waals surface area contributed by atoms with Gasteiger partial charge in [0.05, 0.1) is 24.4 Å². The fourth-order valence-electron chi connectivity index (χ4n) is 3.83. The molecule has 3 aromatic rings. The smallest absolute Gasteiger partial charge is 0.341 e. The Morgan fingerprint density at radius 2 is 2.14 bits per heavy atom. The summed E-state index contributed by atoms with van der Waals surface area (Å²) in [5.41, 5.74) is 2.12. The van der Waals surface area contributed by atoms with E-state index in [1.54, 1.807) is 13.8 Å². The van der Waals surface area contributed by atoms with Gasteiger partial charge < -0.3 is 14.6 Å². The topological polar surface area (TPSA) is 81.9 Å². The molecule has 0 amide bonds. The van der Waals surface area contributed by atoms with Gasteiger partial charge in [-0.2, -0.15) is 0 Å². The molecule has 1 aromatic carbocycles. The molecule has 2 aromatic heterocycles. The number of ether oxygens (including phenoxy) is 1. The van der Waals surface area contributed by atoms with E-state index >= 15 is 0 Å². The molecule has 1 aliphatic heterocycles. The lowest BCUT2D eigenvalue weighted by molar-refractivity contribution is 0.0527. The van der Waals surface area contributed by atoms with E-state index < -0.39 is 5.97 Å². The molecule has 1 N–H and O–H groups in total. The molecular formula is C21H24FN5O2. The predicted molar refractivity (Wildman–Crippen MR) is 107 cm³/mol. The van der Waals surface area contributed by atoms with E-state index in [9.17, 15) is 9.18 Å². The number of aromatic nitrogens is 4. The summed E-state index contributed by atoms with van der Waals surface area (Å²) in [6.45, 7) is 5.04. The van der Waals surface area contributed by atoms with Crippen molar-refractivity contribution < 1.29 is 13.9 Å². The quantitative estimate of drug-likeness (QED) is 0.660. The number of hydrogen-bond acceptors (Lipinski definition) is 6. The Morgan fingerprint density at radius 1 is 1.28 bits per heavy atom. The van der Waals surface area contributed by atoms with Crippen LogP contribution in [0, 0.1) is 12.7 Å². The number of carbonyl (C=O) groups excluding carboxylic acids is 1. The van der Waals surface area contributed by atoms with Crippen LogP contribution in [0.4, 0.5) is 10.1 Å². The normalized spacial score (nSPS) is 13.8. The first kappa shape index (κ1) is 19.3. The first-order valence-electron chi connectivity index (χ1n) is 9.99. The van der Waals surface area contributed by atoms with E-state index in [4.69, 9.17) is 4.74 Å². The molecule has 0 unspecified atom stereocenters. The van der Waals surface area contributed by atoms with Gasteiger partial charge in [0.25, 0.3) is 0 Å². The molecule has 8 heteroatoms. The average Bonchev–Trinajstić information content (AvgIpc) is 2.92. The van der Waals surface area contributed by atoms with Crippen LogP contribution in [0.1, 0.15) is 53.8 Å². The van der Waals surface area contributed by atoms with Crippen molar-refractivity contribution in [1.29, 1.82) is 0 Å². The molecule has 0 radical (unpaired) electrons. The summed E-state index contributed by atoms with van der Waals surface area (Å²) in [5.74, 6) is 0.921. The van der Waals surface area contributed by atoms with E-state index in [1.165, 1.54) is 24.8 Å². The largest absolute Gasteiger partial charge is 0.462 e. The monoisotopic (exact) mass is 397 g/mol. The van der Waals surface area contributed by atoms with Crippen LogP contribution in [-0.2, 0) is 24.2 Å². The molecule has 0 atom stereocenters. The number of carbonyl (C=O) groups is 1. The SMILES string of the molecule is CCOC(=O)c1cnc2c(C)cc(F)cc2c1NCc1nnc2n1CCCCC2. The summed E-state index contributed by atoms with van der Waals surface area (Å²) in [4.78, 5) is 16.9. The minimum atomic E-state index is -0.494. The summed E-state index contributed by atoms with van der Waals surface area (Å²) < 4.78 is 21.5. The maximum Gasteiger partial charge on any atom is 0.341 e. The first-order chi connectivity index (χ1) is 14.1. The van der Waals surface area contributed by atoms with Gasteiger partial charge in [0.2, 0.25) is 0 Å². The van der Waals surface area contributed by atoms with Gasteiger partial charge >= 0.3 is 5.97 Å². The molecule has 1 aliphatic rings. The molecular weight excluding hydrogens is 373 g/mol.